The number of hydrogen-bond donors (Lipinski definition) is 0. The van der Waals surface area contributed by atoms with Crippen LogP contribution in [-0.2, 0) is 0 Å². The third-order valence-corrected chi connectivity index (χ3v) is 2.27. The Morgan fingerprint density at radius 1 is 1.73 bits per heavy atom. The molecule has 1 aromatic heterocycles. The van der Waals surface area contributed by atoms with E-state index in [1.165, 1.54) is 0 Å². The maximum Gasteiger partial charge on any atom is 0.292 e. The van der Waals surface area contributed by atoms with E-state index in [0.29, 0.717) is 12.2 Å². The quantitative estimate of drug-likeness (QED) is 0.744. The molecule has 1 atom stereocenters. The van der Waals surface area contributed by atoms with Crippen molar-refractivity contribution in [2.24, 2.45) is 0 Å². The average molecular weight is 231 g/mol. The summed E-state index contributed by atoms with van der Waals surface area (Å²) in [6.07, 6.45) is 0.761. The highest BCUT2D eigenvalue weighted by Crippen LogP contribution is 2.07. The van der Waals surface area contributed by atoms with Crippen LogP contribution in [-0.4, -0.2) is 34.9 Å². The number of aromatic nitrogens is 1. The molecule has 1 amide bonds. The van der Waals surface area contributed by atoms with Gasteiger partial charge in [0.15, 0.2) is 0 Å². The van der Waals surface area contributed by atoms with Crippen LogP contribution in [0.25, 0.3) is 0 Å². The van der Waals surface area contributed by atoms with E-state index in [0.717, 1.165) is 6.42 Å². The van der Waals surface area contributed by atoms with Gasteiger partial charge in [-0.15, -0.1) is 11.6 Å². The Morgan fingerprint density at radius 3 is 2.87 bits per heavy atom. The van der Waals surface area contributed by atoms with Crippen LogP contribution in [0.5, 0.6) is 0 Å². The van der Waals surface area contributed by atoms with Crippen LogP contribution in [0.3, 0.4) is 0 Å². The second kappa shape index (κ2) is 5.16. The first-order valence-corrected chi connectivity index (χ1v) is 5.27. The van der Waals surface area contributed by atoms with Crippen molar-refractivity contribution in [3.63, 3.8) is 0 Å². The molecule has 0 saturated carbocycles. The molecule has 84 valence electrons. The second-order valence-electron chi connectivity index (χ2n) is 3.63. The van der Waals surface area contributed by atoms with E-state index in [9.17, 15) is 4.79 Å². The minimum Gasteiger partial charge on any atom is -0.351 e. The predicted octanol–water partition coefficient (Wildman–Crippen LogP) is 2.07. The summed E-state index contributed by atoms with van der Waals surface area (Å²) in [7, 11) is 1.72. The number of aryl methyl sites for hydroxylation is 1. The minimum absolute atomic E-state index is 0.0664. The SMILES string of the molecule is Cc1cc(C(=O)N(C)CCC(C)Cl)on1. The van der Waals surface area contributed by atoms with Gasteiger partial charge in [-0.25, -0.2) is 0 Å². The zero-order valence-corrected chi connectivity index (χ0v) is 9.91. The number of rotatable bonds is 4. The first-order valence-electron chi connectivity index (χ1n) is 4.83. The van der Waals surface area contributed by atoms with E-state index in [1.54, 1.807) is 24.9 Å². The summed E-state index contributed by atoms with van der Waals surface area (Å²) in [5.74, 6) is 0.116. The van der Waals surface area contributed by atoms with Gasteiger partial charge < -0.3 is 9.42 Å². The van der Waals surface area contributed by atoms with Crippen molar-refractivity contribution in [2.75, 3.05) is 13.6 Å². The molecule has 0 fully saturated rings. The summed E-state index contributed by atoms with van der Waals surface area (Å²) in [4.78, 5) is 13.3. The highest BCUT2D eigenvalue weighted by atomic mass is 35.5. The Hall–Kier alpha value is -1.03. The molecule has 4 nitrogen and oxygen atoms in total. The van der Waals surface area contributed by atoms with Crippen LogP contribution < -0.4 is 0 Å². The molecule has 5 heteroatoms. The number of carbonyl (C=O) groups is 1. The summed E-state index contributed by atoms with van der Waals surface area (Å²) < 4.78 is 4.88. The van der Waals surface area contributed by atoms with E-state index in [2.05, 4.69) is 5.16 Å². The van der Waals surface area contributed by atoms with Gasteiger partial charge in [0.25, 0.3) is 5.91 Å². The number of alkyl halides is 1. The number of carbonyl (C=O) groups excluding carboxylic acids is 1. The van der Waals surface area contributed by atoms with Gasteiger partial charge in [-0.05, 0) is 20.3 Å². The highest BCUT2D eigenvalue weighted by Gasteiger charge is 2.16. The van der Waals surface area contributed by atoms with Crippen molar-refractivity contribution in [1.82, 2.24) is 10.1 Å². The van der Waals surface area contributed by atoms with Gasteiger partial charge in [-0.2, -0.15) is 0 Å². The molecule has 1 heterocycles. The van der Waals surface area contributed by atoms with Gasteiger partial charge >= 0.3 is 0 Å². The van der Waals surface area contributed by atoms with Crippen molar-refractivity contribution in [1.29, 1.82) is 0 Å². The third kappa shape index (κ3) is 3.55. The Morgan fingerprint density at radius 2 is 2.40 bits per heavy atom. The molecule has 1 aromatic rings. The molecule has 0 aliphatic carbocycles. The van der Waals surface area contributed by atoms with Crippen molar-refractivity contribution in [3.05, 3.63) is 17.5 Å². The molecule has 1 rings (SSSR count). The third-order valence-electron chi connectivity index (χ3n) is 2.05. The number of halogens is 1. The lowest BCUT2D eigenvalue weighted by Gasteiger charge is -2.15. The Balaban J connectivity index is 2.53. The van der Waals surface area contributed by atoms with Crippen molar-refractivity contribution in [2.45, 2.75) is 25.6 Å². The fourth-order valence-electron chi connectivity index (χ4n) is 1.13. The smallest absolute Gasteiger partial charge is 0.292 e. The van der Waals surface area contributed by atoms with Crippen LogP contribution in [0.4, 0.5) is 0 Å². The van der Waals surface area contributed by atoms with Gasteiger partial charge in [0.1, 0.15) is 0 Å². The monoisotopic (exact) mass is 230 g/mol. The first kappa shape index (κ1) is 12.0. The fraction of sp³-hybridized carbons (Fsp3) is 0.600. The van der Waals surface area contributed by atoms with E-state index in [-0.39, 0.29) is 17.0 Å². The fourth-order valence-corrected chi connectivity index (χ4v) is 1.22. The Bertz CT molecular complexity index is 336. The number of nitrogens with zero attached hydrogens (tertiary/aromatic N) is 2. The first-order chi connectivity index (χ1) is 7.00. The van der Waals surface area contributed by atoms with E-state index in [4.69, 9.17) is 16.1 Å². The van der Waals surface area contributed by atoms with Crippen LogP contribution in [0.1, 0.15) is 29.6 Å². The lowest BCUT2D eigenvalue weighted by molar-refractivity contribution is 0.0752. The van der Waals surface area contributed by atoms with Crippen LogP contribution in [0, 0.1) is 6.92 Å². The van der Waals surface area contributed by atoms with Gasteiger partial charge in [0, 0.05) is 25.0 Å². The van der Waals surface area contributed by atoms with E-state index in [1.807, 2.05) is 6.92 Å². The van der Waals surface area contributed by atoms with E-state index < -0.39 is 0 Å². The molecule has 15 heavy (non-hydrogen) atoms. The maximum absolute atomic E-state index is 11.7. The van der Waals surface area contributed by atoms with Gasteiger partial charge in [0.05, 0.1) is 5.69 Å². The second-order valence-corrected chi connectivity index (χ2v) is 4.37. The molecule has 1 unspecified atom stereocenters. The summed E-state index contributed by atoms with van der Waals surface area (Å²) >= 11 is 5.80. The van der Waals surface area contributed by atoms with Gasteiger partial charge in [-0.1, -0.05) is 5.16 Å². The average Bonchev–Trinajstić information content (AvgIpc) is 2.60. The van der Waals surface area contributed by atoms with Crippen molar-refractivity contribution >= 4 is 17.5 Å². The Labute approximate surface area is 94.2 Å². The molecular weight excluding hydrogens is 216 g/mol. The largest absolute Gasteiger partial charge is 0.351 e. The highest BCUT2D eigenvalue weighted by molar-refractivity contribution is 6.20. The van der Waals surface area contributed by atoms with Crippen LogP contribution >= 0.6 is 11.6 Å². The van der Waals surface area contributed by atoms with Crippen molar-refractivity contribution < 1.29 is 9.32 Å². The summed E-state index contributed by atoms with van der Waals surface area (Å²) in [6, 6.07) is 1.63. The lowest BCUT2D eigenvalue weighted by atomic mass is 10.3. The molecule has 0 bridgehead atoms. The summed E-state index contributed by atoms with van der Waals surface area (Å²) in [5, 5.41) is 3.73. The lowest BCUT2D eigenvalue weighted by Crippen LogP contribution is -2.28. The maximum atomic E-state index is 11.7. The molecule has 0 saturated heterocycles. The summed E-state index contributed by atoms with van der Waals surface area (Å²) in [5.41, 5.74) is 0.706. The van der Waals surface area contributed by atoms with Crippen LogP contribution in [0.15, 0.2) is 10.6 Å². The molecular formula is C10H15ClN2O2. The zero-order chi connectivity index (χ0) is 11.4. The van der Waals surface area contributed by atoms with Crippen molar-refractivity contribution in [3.8, 4) is 0 Å². The van der Waals surface area contributed by atoms with Gasteiger partial charge in [-0.3, -0.25) is 4.79 Å². The van der Waals surface area contributed by atoms with Gasteiger partial charge in [0.2, 0.25) is 5.76 Å². The molecule has 0 aliphatic rings. The Kier molecular flexibility index (Phi) is 4.15. The molecule has 0 spiro atoms. The predicted molar refractivity (Wildman–Crippen MR) is 58.1 cm³/mol. The molecule has 0 aliphatic heterocycles. The zero-order valence-electron chi connectivity index (χ0n) is 9.16. The topological polar surface area (TPSA) is 46.3 Å². The number of amides is 1. The molecule has 0 radical (unpaired) electrons. The normalized spacial score (nSPS) is 12.5. The standard InChI is InChI=1S/C10H15ClN2O2/c1-7(11)4-5-13(3)10(14)9-6-8(2)12-15-9/h6-7H,4-5H2,1-3H3. The number of hydrogen-bond acceptors (Lipinski definition) is 3. The van der Waals surface area contributed by atoms with Crippen LogP contribution in [0.2, 0.25) is 0 Å². The summed E-state index contributed by atoms with van der Waals surface area (Å²) in [6.45, 7) is 4.29. The molecule has 0 aromatic carbocycles. The minimum atomic E-state index is -0.159. The van der Waals surface area contributed by atoms with E-state index >= 15 is 0 Å². The molecule has 0 N–H and O–H groups in total.